The molecule has 0 radical (unpaired) electrons. The lowest BCUT2D eigenvalue weighted by atomic mass is 9.78. The van der Waals surface area contributed by atoms with Crippen LogP contribution >= 0.6 is 0 Å². The number of hydrogen-bond donors (Lipinski definition) is 3. The van der Waals surface area contributed by atoms with Crippen LogP contribution in [0.1, 0.15) is 123 Å². The van der Waals surface area contributed by atoms with Crippen molar-refractivity contribution in [3.63, 3.8) is 0 Å². The van der Waals surface area contributed by atoms with E-state index in [1.165, 1.54) is 0 Å². The van der Waals surface area contributed by atoms with E-state index in [1.807, 2.05) is 17.0 Å². The van der Waals surface area contributed by atoms with Crippen LogP contribution in [0.3, 0.4) is 0 Å². The predicted molar refractivity (Wildman–Crippen MR) is 157 cm³/mol. The van der Waals surface area contributed by atoms with Gasteiger partial charge in [-0.25, -0.2) is 0 Å². The lowest BCUT2D eigenvalue weighted by molar-refractivity contribution is -0.143. The fourth-order valence-electron chi connectivity index (χ4n) is 4.56. The van der Waals surface area contributed by atoms with Crippen LogP contribution in [-0.2, 0) is 39.5 Å². The second-order valence-electron chi connectivity index (χ2n) is 15.0. The van der Waals surface area contributed by atoms with Gasteiger partial charge in [-0.1, -0.05) is 107 Å². The van der Waals surface area contributed by atoms with Gasteiger partial charge >= 0.3 is 5.97 Å². The first kappa shape index (κ1) is 31.7. The molecule has 0 amide bonds. The molecule has 0 spiro atoms. The maximum absolute atomic E-state index is 12.2. The molecule has 38 heavy (non-hydrogen) atoms. The molecular weight excluding hydrogens is 474 g/mol. The lowest BCUT2D eigenvalue weighted by Crippen LogP contribution is -2.38. The highest BCUT2D eigenvalue weighted by molar-refractivity contribution is 5.73. The summed E-state index contributed by atoms with van der Waals surface area (Å²) in [7, 11) is 0. The molecule has 0 aromatic heterocycles. The van der Waals surface area contributed by atoms with Crippen LogP contribution < -0.4 is 0 Å². The van der Waals surface area contributed by atoms with Crippen LogP contribution in [0, 0.1) is 0 Å². The van der Waals surface area contributed by atoms with Crippen molar-refractivity contribution >= 4 is 5.97 Å². The molecule has 0 saturated carbocycles. The standard InChI is InChI=1S/C33H51NO4/c1-20(29(37)38)34(18-21-14-23(30(2,3)4)16-25(27(21)35)32(8,9)10)19-22-15-24(31(5,6)7)17-26(28(22)36)33(11,12)13/h14-17,20,35-36H,18-19H2,1-13H3,(H,37,38). The minimum absolute atomic E-state index is 0.146. The molecule has 0 fully saturated rings. The predicted octanol–water partition coefficient (Wildman–Crippen LogP) is 7.76. The van der Waals surface area contributed by atoms with Gasteiger partial charge in [-0.05, 0) is 50.8 Å². The molecule has 2 aromatic rings. The summed E-state index contributed by atoms with van der Waals surface area (Å²) in [5, 5.41) is 32.8. The van der Waals surface area contributed by atoms with Crippen molar-refractivity contribution in [3.8, 4) is 11.5 Å². The second-order valence-corrected chi connectivity index (χ2v) is 15.0. The van der Waals surface area contributed by atoms with Gasteiger partial charge in [-0.2, -0.15) is 0 Å². The summed E-state index contributed by atoms with van der Waals surface area (Å²) in [5.74, 6) is -0.540. The molecule has 2 rings (SSSR count). The Morgan fingerprint density at radius 2 is 0.974 bits per heavy atom. The average Bonchev–Trinajstić information content (AvgIpc) is 2.71. The number of nitrogens with zero attached hydrogens (tertiary/aromatic N) is 1. The van der Waals surface area contributed by atoms with Gasteiger partial charge in [0.1, 0.15) is 17.5 Å². The van der Waals surface area contributed by atoms with Crippen molar-refractivity contribution in [3.05, 3.63) is 57.6 Å². The van der Waals surface area contributed by atoms with Crippen LogP contribution in [0.4, 0.5) is 0 Å². The van der Waals surface area contributed by atoms with E-state index in [1.54, 1.807) is 6.92 Å². The first-order valence-electron chi connectivity index (χ1n) is 13.6. The molecule has 212 valence electrons. The van der Waals surface area contributed by atoms with Crippen molar-refractivity contribution in [2.45, 2.75) is 131 Å². The van der Waals surface area contributed by atoms with E-state index in [0.29, 0.717) is 11.1 Å². The van der Waals surface area contributed by atoms with E-state index in [4.69, 9.17) is 0 Å². The fourth-order valence-corrected chi connectivity index (χ4v) is 4.56. The minimum Gasteiger partial charge on any atom is -0.507 e. The molecule has 3 N–H and O–H groups in total. The molecule has 1 unspecified atom stereocenters. The lowest BCUT2D eigenvalue weighted by Gasteiger charge is -2.32. The summed E-state index contributed by atoms with van der Waals surface area (Å²) in [6, 6.07) is 7.30. The zero-order chi connectivity index (χ0) is 29.6. The molecule has 0 aliphatic heterocycles. The molecule has 5 nitrogen and oxygen atoms in total. The third kappa shape index (κ3) is 7.31. The monoisotopic (exact) mass is 525 g/mol. The highest BCUT2D eigenvalue weighted by Gasteiger charge is 2.30. The summed E-state index contributed by atoms with van der Waals surface area (Å²) >= 11 is 0. The second kappa shape index (κ2) is 10.6. The molecule has 1 atom stereocenters. The normalized spacial score (nSPS) is 14.2. The summed E-state index contributed by atoms with van der Waals surface area (Å²) in [6.07, 6.45) is 0. The fraction of sp³-hybridized carbons (Fsp3) is 0.606. The van der Waals surface area contributed by atoms with Gasteiger partial charge in [-0.15, -0.1) is 0 Å². The van der Waals surface area contributed by atoms with Gasteiger partial charge < -0.3 is 15.3 Å². The van der Waals surface area contributed by atoms with Gasteiger partial charge in [0.2, 0.25) is 0 Å². The Balaban J connectivity index is 2.74. The van der Waals surface area contributed by atoms with Gasteiger partial charge in [0.05, 0.1) is 0 Å². The topological polar surface area (TPSA) is 81.0 Å². The highest BCUT2D eigenvalue weighted by Crippen LogP contribution is 2.40. The summed E-state index contributed by atoms with van der Waals surface area (Å²) in [6.45, 7) is 27.4. The number of carbonyl (C=O) groups is 1. The summed E-state index contributed by atoms with van der Waals surface area (Å²) < 4.78 is 0. The molecule has 0 aliphatic rings. The Labute approximate surface area is 230 Å². The molecule has 0 aliphatic carbocycles. The van der Waals surface area contributed by atoms with Crippen molar-refractivity contribution < 1.29 is 20.1 Å². The molecular formula is C33H51NO4. The first-order chi connectivity index (χ1) is 16.9. The van der Waals surface area contributed by atoms with Crippen LogP contribution in [-0.4, -0.2) is 32.2 Å². The third-order valence-corrected chi connectivity index (χ3v) is 7.38. The number of aliphatic carboxylic acids is 1. The molecule has 0 heterocycles. The largest absolute Gasteiger partial charge is 0.507 e. The molecule has 2 aromatic carbocycles. The maximum Gasteiger partial charge on any atom is 0.320 e. The number of phenols is 2. The van der Waals surface area contributed by atoms with E-state index >= 15 is 0 Å². The van der Waals surface area contributed by atoms with Crippen molar-refractivity contribution in [1.82, 2.24) is 4.90 Å². The summed E-state index contributed by atoms with van der Waals surface area (Å²) in [4.78, 5) is 14.1. The van der Waals surface area contributed by atoms with E-state index < -0.39 is 12.0 Å². The number of aromatic hydroxyl groups is 2. The SMILES string of the molecule is CC(C(=O)O)N(Cc1cc(C(C)(C)C)cc(C(C)(C)C)c1O)Cc1cc(C(C)(C)C)cc(C(C)(C)C)c1O. The first-order valence-corrected chi connectivity index (χ1v) is 13.6. The highest BCUT2D eigenvalue weighted by atomic mass is 16.4. The average molecular weight is 526 g/mol. The smallest absolute Gasteiger partial charge is 0.320 e. The van der Waals surface area contributed by atoms with Gasteiger partial charge in [-0.3, -0.25) is 9.69 Å². The number of carboxylic acid groups (broad SMARTS) is 1. The number of phenolic OH excluding ortho intramolecular Hbond substituents is 2. The van der Waals surface area contributed by atoms with Crippen LogP contribution in [0.15, 0.2) is 24.3 Å². The number of benzene rings is 2. The third-order valence-electron chi connectivity index (χ3n) is 7.38. The molecule has 0 saturated heterocycles. The minimum atomic E-state index is -0.949. The Morgan fingerprint density at radius 3 is 1.21 bits per heavy atom. The van der Waals surface area contributed by atoms with Gasteiger partial charge in [0, 0.05) is 24.2 Å². The Hall–Kier alpha value is -2.53. The zero-order valence-corrected chi connectivity index (χ0v) is 26.0. The van der Waals surface area contributed by atoms with E-state index in [0.717, 1.165) is 22.3 Å². The quantitative estimate of drug-likeness (QED) is 0.359. The molecule has 5 heteroatoms. The van der Waals surface area contributed by atoms with Crippen LogP contribution in [0.25, 0.3) is 0 Å². The van der Waals surface area contributed by atoms with Gasteiger partial charge in [0.25, 0.3) is 0 Å². The Morgan fingerprint density at radius 1 is 0.658 bits per heavy atom. The summed E-state index contributed by atoms with van der Waals surface area (Å²) in [5.41, 5.74) is 4.38. The number of hydrogen-bond acceptors (Lipinski definition) is 4. The Kier molecular flexibility index (Phi) is 8.81. The van der Waals surface area contributed by atoms with Crippen LogP contribution in [0.5, 0.6) is 11.5 Å². The van der Waals surface area contributed by atoms with Crippen molar-refractivity contribution in [1.29, 1.82) is 0 Å². The molecule has 0 bridgehead atoms. The number of rotatable bonds is 6. The zero-order valence-electron chi connectivity index (χ0n) is 26.0. The van der Waals surface area contributed by atoms with Gasteiger partial charge in [0.15, 0.2) is 0 Å². The van der Waals surface area contributed by atoms with E-state index in [-0.39, 0.29) is 46.2 Å². The maximum atomic E-state index is 12.2. The Bertz CT molecular complexity index is 1080. The number of carboxylic acids is 1. The van der Waals surface area contributed by atoms with Crippen molar-refractivity contribution in [2.75, 3.05) is 0 Å². The van der Waals surface area contributed by atoms with E-state index in [9.17, 15) is 20.1 Å². The van der Waals surface area contributed by atoms with Crippen LogP contribution in [0.2, 0.25) is 0 Å². The van der Waals surface area contributed by atoms with Crippen molar-refractivity contribution in [2.24, 2.45) is 0 Å². The van der Waals surface area contributed by atoms with E-state index in [2.05, 4.69) is 95.2 Å².